The van der Waals surface area contributed by atoms with E-state index in [0.717, 1.165) is 103 Å². The van der Waals surface area contributed by atoms with Gasteiger partial charge in [0, 0.05) is 19.3 Å². The van der Waals surface area contributed by atoms with E-state index in [1.54, 1.807) is 0 Å². The molecule has 0 saturated heterocycles. The quantitative estimate of drug-likeness (QED) is 0.0261. The van der Waals surface area contributed by atoms with Crippen LogP contribution in [0.2, 0.25) is 0 Å². The summed E-state index contributed by atoms with van der Waals surface area (Å²) in [7, 11) is 0. The molecule has 0 rings (SSSR count). The summed E-state index contributed by atoms with van der Waals surface area (Å²) in [5.74, 6) is -0.871. The molecule has 0 aromatic heterocycles. The van der Waals surface area contributed by atoms with Crippen LogP contribution in [0.5, 0.6) is 0 Å². The van der Waals surface area contributed by atoms with E-state index in [2.05, 4.69) is 106 Å². The van der Waals surface area contributed by atoms with Gasteiger partial charge < -0.3 is 14.2 Å². The van der Waals surface area contributed by atoms with Gasteiger partial charge in [0.05, 0.1) is 0 Å². The third kappa shape index (κ3) is 57.4. The Morgan fingerprint density at radius 3 is 0.859 bits per heavy atom. The number of ether oxygens (including phenoxy) is 3. The number of hydrogen-bond acceptors (Lipinski definition) is 6. The Hall–Kier alpha value is -3.41. The van der Waals surface area contributed by atoms with Gasteiger partial charge in [-0.15, -0.1) is 0 Å². The van der Waals surface area contributed by atoms with Crippen molar-refractivity contribution in [2.24, 2.45) is 0 Å². The van der Waals surface area contributed by atoms with Gasteiger partial charge in [0.2, 0.25) is 0 Å². The fourth-order valence-corrected chi connectivity index (χ4v) is 8.42. The predicted octanol–water partition coefficient (Wildman–Crippen LogP) is 20.3. The highest BCUT2D eigenvalue weighted by Gasteiger charge is 2.19. The third-order valence-electron chi connectivity index (χ3n) is 12.9. The molecule has 0 heterocycles. The predicted molar refractivity (Wildman–Crippen MR) is 307 cm³/mol. The lowest BCUT2D eigenvalue weighted by molar-refractivity contribution is -0.167. The van der Waals surface area contributed by atoms with E-state index in [0.29, 0.717) is 19.3 Å². The van der Waals surface area contributed by atoms with Gasteiger partial charge in [0.25, 0.3) is 0 Å². The topological polar surface area (TPSA) is 78.9 Å². The molecule has 0 aliphatic rings. The van der Waals surface area contributed by atoms with Crippen LogP contribution in [0, 0.1) is 0 Å². The molecule has 1 unspecified atom stereocenters. The average molecular weight is 990 g/mol. The van der Waals surface area contributed by atoms with Gasteiger partial charge in [0.1, 0.15) is 13.2 Å². The fraction of sp³-hybridized carbons (Fsp3) is 0.738. The lowest BCUT2D eigenvalue weighted by Gasteiger charge is -2.18. The number of hydrogen-bond donors (Lipinski definition) is 0. The first-order valence-corrected chi connectivity index (χ1v) is 30.1. The Bertz CT molecular complexity index is 1370. The van der Waals surface area contributed by atoms with Crippen molar-refractivity contribution < 1.29 is 28.6 Å². The normalized spacial score (nSPS) is 12.7. The number of carbonyl (C=O) groups excluding carboxylic acids is 3. The van der Waals surface area contributed by atoms with E-state index in [9.17, 15) is 14.4 Å². The number of unbranched alkanes of at least 4 members (excludes halogenated alkanes) is 29. The smallest absolute Gasteiger partial charge is 0.306 e. The molecule has 0 saturated carbocycles. The molecule has 0 aliphatic heterocycles. The standard InChI is InChI=1S/C65H112O6/c1-4-7-10-13-16-19-21-22-23-24-25-26-27-28-29-30-31-32-33-34-35-36-37-38-39-40-41-42-44-46-49-52-55-58-64(67)70-61-62(60-69-63(66)57-54-51-48-45-18-15-12-9-6-3)71-65(68)59-56-53-50-47-43-20-17-14-11-8-5-2/h7,10,16,19,22-23,25-26,28-29,31-32,34-35,62H,4-6,8-9,11-15,17-18,20-21,24,27,30,33,36-61H2,1-3H3/b10-7-,19-16-,23-22-,26-25-,29-28-,32-31-,35-34-. The van der Waals surface area contributed by atoms with E-state index in [4.69, 9.17) is 14.2 Å². The minimum atomic E-state index is -0.771. The van der Waals surface area contributed by atoms with Crippen LogP contribution < -0.4 is 0 Å². The van der Waals surface area contributed by atoms with Crippen LogP contribution in [0.15, 0.2) is 85.1 Å². The molecule has 0 aromatic rings. The average Bonchev–Trinajstić information content (AvgIpc) is 3.37. The van der Waals surface area contributed by atoms with Crippen molar-refractivity contribution in [3.05, 3.63) is 85.1 Å². The van der Waals surface area contributed by atoms with E-state index in [1.165, 1.54) is 148 Å². The Morgan fingerprint density at radius 1 is 0.296 bits per heavy atom. The highest BCUT2D eigenvalue weighted by Crippen LogP contribution is 2.16. The Balaban J connectivity index is 4.07. The highest BCUT2D eigenvalue weighted by atomic mass is 16.6. The minimum absolute atomic E-state index is 0.0722. The molecule has 0 bridgehead atoms. The molecule has 6 nitrogen and oxygen atoms in total. The summed E-state index contributed by atoms with van der Waals surface area (Å²) < 4.78 is 16.8. The minimum Gasteiger partial charge on any atom is -0.462 e. The summed E-state index contributed by atoms with van der Waals surface area (Å²) in [6.45, 7) is 6.51. The molecule has 71 heavy (non-hydrogen) atoms. The molecule has 6 heteroatoms. The molecule has 0 aliphatic carbocycles. The second-order valence-electron chi connectivity index (χ2n) is 19.9. The first-order valence-electron chi connectivity index (χ1n) is 30.1. The summed E-state index contributed by atoms with van der Waals surface area (Å²) in [6.07, 6.45) is 77.4. The van der Waals surface area contributed by atoms with Gasteiger partial charge in [-0.2, -0.15) is 0 Å². The SMILES string of the molecule is CC/C=C\C/C=C\C/C=C\C/C=C\C/C=C\C/C=C\C/C=C\CCCCCCCCCCCCCC(=O)OCC(COC(=O)CCCCCCCCCCC)OC(=O)CCCCCCCCCCCCC. The van der Waals surface area contributed by atoms with Crippen LogP contribution in [0.1, 0.15) is 290 Å². The van der Waals surface area contributed by atoms with E-state index in [1.807, 2.05) is 0 Å². The summed E-state index contributed by atoms with van der Waals surface area (Å²) in [5, 5.41) is 0. The Kier molecular flexibility index (Phi) is 56.3. The molecule has 0 N–H and O–H groups in total. The van der Waals surface area contributed by atoms with Crippen molar-refractivity contribution >= 4 is 17.9 Å². The Morgan fingerprint density at radius 2 is 0.549 bits per heavy atom. The van der Waals surface area contributed by atoms with Crippen molar-refractivity contribution in [2.75, 3.05) is 13.2 Å². The first kappa shape index (κ1) is 67.6. The monoisotopic (exact) mass is 989 g/mol. The number of rotatable bonds is 54. The van der Waals surface area contributed by atoms with Crippen LogP contribution in [0.3, 0.4) is 0 Å². The van der Waals surface area contributed by atoms with Gasteiger partial charge in [-0.25, -0.2) is 0 Å². The maximum absolute atomic E-state index is 12.8. The second kappa shape index (κ2) is 59.2. The molecule has 1 atom stereocenters. The molecule has 0 radical (unpaired) electrons. The second-order valence-corrected chi connectivity index (χ2v) is 19.9. The van der Waals surface area contributed by atoms with Crippen LogP contribution in [0.25, 0.3) is 0 Å². The van der Waals surface area contributed by atoms with Crippen molar-refractivity contribution in [3.8, 4) is 0 Å². The van der Waals surface area contributed by atoms with E-state index in [-0.39, 0.29) is 31.1 Å². The third-order valence-corrected chi connectivity index (χ3v) is 12.9. The zero-order valence-corrected chi connectivity index (χ0v) is 46.7. The molecule has 0 amide bonds. The van der Waals surface area contributed by atoms with Gasteiger partial charge in [-0.3, -0.25) is 14.4 Å². The Labute approximate surface area is 439 Å². The molecule has 408 valence electrons. The maximum Gasteiger partial charge on any atom is 0.306 e. The van der Waals surface area contributed by atoms with Crippen LogP contribution in [0.4, 0.5) is 0 Å². The highest BCUT2D eigenvalue weighted by molar-refractivity contribution is 5.71. The van der Waals surface area contributed by atoms with Crippen molar-refractivity contribution in [1.82, 2.24) is 0 Å². The summed E-state index contributed by atoms with van der Waals surface area (Å²) >= 11 is 0. The van der Waals surface area contributed by atoms with Crippen LogP contribution in [-0.4, -0.2) is 37.2 Å². The molecular weight excluding hydrogens is 877 g/mol. The van der Waals surface area contributed by atoms with Gasteiger partial charge in [-0.05, 0) is 77.0 Å². The van der Waals surface area contributed by atoms with Crippen molar-refractivity contribution in [3.63, 3.8) is 0 Å². The van der Waals surface area contributed by atoms with Crippen molar-refractivity contribution in [2.45, 2.75) is 297 Å². The number of allylic oxidation sites excluding steroid dienone is 14. The van der Waals surface area contributed by atoms with E-state index >= 15 is 0 Å². The van der Waals surface area contributed by atoms with Gasteiger partial charge >= 0.3 is 17.9 Å². The summed E-state index contributed by atoms with van der Waals surface area (Å²) in [5.41, 5.74) is 0. The number of esters is 3. The lowest BCUT2D eigenvalue weighted by Crippen LogP contribution is -2.30. The molecule has 0 fully saturated rings. The molecular formula is C65H112O6. The zero-order valence-electron chi connectivity index (χ0n) is 46.7. The zero-order chi connectivity index (χ0) is 51.4. The first-order chi connectivity index (χ1) is 35.0. The van der Waals surface area contributed by atoms with Crippen LogP contribution in [-0.2, 0) is 28.6 Å². The summed E-state index contributed by atoms with van der Waals surface area (Å²) in [6, 6.07) is 0. The van der Waals surface area contributed by atoms with Gasteiger partial charge in [0.15, 0.2) is 6.10 Å². The molecule has 0 aromatic carbocycles. The van der Waals surface area contributed by atoms with Crippen molar-refractivity contribution in [1.29, 1.82) is 0 Å². The van der Waals surface area contributed by atoms with Crippen LogP contribution >= 0.6 is 0 Å². The maximum atomic E-state index is 12.8. The van der Waals surface area contributed by atoms with Gasteiger partial charge in [-0.1, -0.05) is 279 Å². The molecule has 0 spiro atoms. The lowest BCUT2D eigenvalue weighted by atomic mass is 10.0. The van der Waals surface area contributed by atoms with E-state index < -0.39 is 6.10 Å². The fourth-order valence-electron chi connectivity index (χ4n) is 8.42. The number of carbonyl (C=O) groups is 3. The summed E-state index contributed by atoms with van der Waals surface area (Å²) in [4.78, 5) is 38.0. The largest absolute Gasteiger partial charge is 0.462 e.